The minimum Gasteiger partial charge on any atom is -0.456 e. The van der Waals surface area contributed by atoms with Gasteiger partial charge in [-0.05, 0) is 94.4 Å². The summed E-state index contributed by atoms with van der Waals surface area (Å²) in [6.07, 6.45) is 6.62. The van der Waals surface area contributed by atoms with E-state index in [4.69, 9.17) is 24.6 Å². The first-order valence-electron chi connectivity index (χ1n) is 20.8. The van der Waals surface area contributed by atoms with Gasteiger partial charge in [-0.1, -0.05) is 133 Å². The lowest BCUT2D eigenvalue weighted by molar-refractivity contribution is 0.665. The fourth-order valence-corrected chi connectivity index (χ4v) is 9.35. The zero-order valence-electron chi connectivity index (χ0n) is 33.2. The Labute approximate surface area is 351 Å². The molecule has 0 bridgehead atoms. The van der Waals surface area contributed by atoms with Gasteiger partial charge in [0, 0.05) is 43.8 Å². The largest absolute Gasteiger partial charge is 0.456 e. The lowest BCUT2D eigenvalue weighted by Gasteiger charge is -2.12. The molecule has 8 aromatic carbocycles. The van der Waals surface area contributed by atoms with E-state index in [1.807, 2.05) is 48.5 Å². The molecule has 11 aromatic rings. The van der Waals surface area contributed by atoms with Gasteiger partial charge in [-0.3, -0.25) is 4.99 Å². The van der Waals surface area contributed by atoms with Gasteiger partial charge in [0.05, 0.1) is 17.7 Å². The van der Waals surface area contributed by atoms with Crippen molar-refractivity contribution in [1.82, 2.24) is 4.57 Å². The Kier molecular flexibility index (Phi) is 8.10. The summed E-state index contributed by atoms with van der Waals surface area (Å²) in [5.41, 5.74) is 20.0. The van der Waals surface area contributed by atoms with Crippen LogP contribution >= 0.6 is 0 Å². The van der Waals surface area contributed by atoms with E-state index in [2.05, 4.69) is 138 Å². The SMILES string of the molecule is NC(=NC(=NCc1ccccc1)c1ccc2ccccc2c1)c1cccc2oc3ccc(-c4cccc5oc6c(-n7c8c(c9ccccc97)CCC=C8)cccc6c45)cc3c12. The molecule has 0 amide bonds. The molecule has 1 aliphatic carbocycles. The number of para-hydroxylation sites is 2. The second-order valence-corrected chi connectivity index (χ2v) is 15.8. The maximum absolute atomic E-state index is 7.04. The summed E-state index contributed by atoms with van der Waals surface area (Å²) in [6, 6.07) is 58.7. The van der Waals surface area contributed by atoms with Gasteiger partial charge in [-0.25, -0.2) is 4.99 Å². The number of aliphatic imine (C=N–C) groups is 2. The molecule has 0 fully saturated rings. The third kappa shape index (κ3) is 5.79. The number of aryl methyl sites for hydroxylation is 1. The van der Waals surface area contributed by atoms with Crippen molar-refractivity contribution in [3.8, 4) is 16.8 Å². The van der Waals surface area contributed by atoms with Gasteiger partial charge in [0.2, 0.25) is 0 Å². The van der Waals surface area contributed by atoms with E-state index >= 15 is 0 Å². The monoisotopic (exact) mass is 786 g/mol. The lowest BCUT2D eigenvalue weighted by Crippen LogP contribution is -2.17. The number of aromatic nitrogens is 1. The molecule has 0 spiro atoms. The van der Waals surface area contributed by atoms with Gasteiger partial charge in [-0.2, -0.15) is 0 Å². The van der Waals surface area contributed by atoms with Crippen LogP contribution in [0.3, 0.4) is 0 Å². The zero-order valence-corrected chi connectivity index (χ0v) is 33.2. The molecule has 0 aliphatic heterocycles. The first kappa shape index (κ1) is 35.0. The van der Waals surface area contributed by atoms with E-state index in [0.29, 0.717) is 18.2 Å². The van der Waals surface area contributed by atoms with Crippen molar-refractivity contribution < 1.29 is 8.83 Å². The van der Waals surface area contributed by atoms with Gasteiger partial charge in [0.25, 0.3) is 0 Å². The van der Waals surface area contributed by atoms with Crippen molar-refractivity contribution in [3.05, 3.63) is 204 Å². The van der Waals surface area contributed by atoms with Crippen LogP contribution in [-0.4, -0.2) is 16.2 Å². The summed E-state index contributed by atoms with van der Waals surface area (Å²) in [5.74, 6) is 0.934. The summed E-state index contributed by atoms with van der Waals surface area (Å²) in [4.78, 5) is 10.1. The average Bonchev–Trinajstić information content (AvgIpc) is 4.00. The number of hydrogen-bond acceptors (Lipinski definition) is 3. The molecule has 6 nitrogen and oxygen atoms in total. The number of nitrogens with zero attached hydrogens (tertiary/aromatic N) is 3. The third-order valence-corrected chi connectivity index (χ3v) is 12.2. The molecule has 6 heteroatoms. The van der Waals surface area contributed by atoms with Gasteiger partial charge in [-0.15, -0.1) is 0 Å². The molecule has 61 heavy (non-hydrogen) atoms. The highest BCUT2D eigenvalue weighted by atomic mass is 16.3. The molecular weight excluding hydrogens is 749 g/mol. The highest BCUT2D eigenvalue weighted by Gasteiger charge is 2.23. The number of fused-ring (bicyclic) bond motifs is 10. The molecule has 0 radical (unpaired) electrons. The Morgan fingerprint density at radius 3 is 2.33 bits per heavy atom. The number of nitrogens with two attached hydrogens (primary N) is 1. The molecule has 0 saturated heterocycles. The van der Waals surface area contributed by atoms with Crippen molar-refractivity contribution in [2.45, 2.75) is 19.4 Å². The van der Waals surface area contributed by atoms with E-state index in [0.717, 1.165) is 101 Å². The molecule has 1 aliphatic rings. The fourth-order valence-electron chi connectivity index (χ4n) is 9.35. The Balaban J connectivity index is 1.00. The van der Waals surface area contributed by atoms with Crippen LogP contribution in [0.5, 0.6) is 0 Å². The molecule has 0 atom stereocenters. The molecule has 0 unspecified atom stereocenters. The predicted octanol–water partition coefficient (Wildman–Crippen LogP) is 13.6. The Morgan fingerprint density at radius 1 is 0.623 bits per heavy atom. The summed E-state index contributed by atoms with van der Waals surface area (Å²) in [5, 5.41) is 7.57. The van der Waals surface area contributed by atoms with E-state index in [1.54, 1.807) is 0 Å². The van der Waals surface area contributed by atoms with Crippen molar-refractivity contribution >= 4 is 83.3 Å². The maximum Gasteiger partial charge on any atom is 0.159 e. The molecule has 290 valence electrons. The number of furan rings is 2. The predicted molar refractivity (Wildman–Crippen MR) is 252 cm³/mol. The fraction of sp³-hybridized carbons (Fsp3) is 0.0545. The van der Waals surface area contributed by atoms with E-state index in [9.17, 15) is 0 Å². The van der Waals surface area contributed by atoms with E-state index in [1.165, 1.54) is 22.2 Å². The lowest BCUT2D eigenvalue weighted by atomic mass is 9.97. The van der Waals surface area contributed by atoms with Crippen molar-refractivity contribution in [3.63, 3.8) is 0 Å². The number of allylic oxidation sites excluding steroid dienone is 1. The molecule has 3 heterocycles. The summed E-state index contributed by atoms with van der Waals surface area (Å²) in [7, 11) is 0. The molecule has 12 rings (SSSR count). The highest BCUT2D eigenvalue weighted by molar-refractivity contribution is 6.22. The van der Waals surface area contributed by atoms with Crippen LogP contribution in [0, 0.1) is 0 Å². The first-order valence-corrected chi connectivity index (χ1v) is 20.8. The highest BCUT2D eigenvalue weighted by Crippen LogP contribution is 2.43. The van der Waals surface area contributed by atoms with Crippen LogP contribution in [0.25, 0.3) is 88.4 Å². The van der Waals surface area contributed by atoms with Gasteiger partial charge in [0.15, 0.2) is 11.4 Å². The number of benzene rings is 8. The minimum absolute atomic E-state index is 0.365. The maximum atomic E-state index is 7.04. The molecule has 3 aromatic heterocycles. The van der Waals surface area contributed by atoms with Crippen LogP contribution in [0.2, 0.25) is 0 Å². The normalized spacial score (nSPS) is 13.4. The van der Waals surface area contributed by atoms with Crippen molar-refractivity contribution in [2.75, 3.05) is 0 Å². The third-order valence-electron chi connectivity index (χ3n) is 12.2. The summed E-state index contributed by atoms with van der Waals surface area (Å²) >= 11 is 0. The minimum atomic E-state index is 0.365. The summed E-state index contributed by atoms with van der Waals surface area (Å²) < 4.78 is 15.7. The quantitative estimate of drug-likeness (QED) is 0.135. The van der Waals surface area contributed by atoms with Gasteiger partial charge < -0.3 is 19.1 Å². The molecule has 0 saturated carbocycles. The Hall–Kier alpha value is -7.96. The number of amidine groups is 2. The molecule has 2 N–H and O–H groups in total. The summed E-state index contributed by atoms with van der Waals surface area (Å²) in [6.45, 7) is 0.471. The first-order chi connectivity index (χ1) is 30.2. The van der Waals surface area contributed by atoms with E-state index < -0.39 is 0 Å². The second-order valence-electron chi connectivity index (χ2n) is 15.8. The zero-order chi connectivity index (χ0) is 40.4. The van der Waals surface area contributed by atoms with Crippen LogP contribution in [-0.2, 0) is 13.0 Å². The van der Waals surface area contributed by atoms with Crippen LogP contribution in [0.4, 0.5) is 0 Å². The van der Waals surface area contributed by atoms with Crippen LogP contribution in [0.15, 0.2) is 195 Å². The standard InChI is InChI=1S/C55H38N4O2/c56-54(58-55(57-33-34-13-2-1-3-14-34)38-28-27-35-15-4-5-16-36(35)31-38)43-21-12-25-49-52(43)44-32-37(29-30-48(44)60-49)39-19-11-26-50-51(39)42-20-10-24-47(53(42)61-50)59-45-22-8-6-17-40(45)41-18-7-9-23-46(41)59/h1-6,8-17,19-32H,7,18,33H2,(H2,56,57,58). The average molecular weight is 787 g/mol. The van der Waals surface area contributed by atoms with Crippen molar-refractivity contribution in [2.24, 2.45) is 15.7 Å². The molecular formula is C55H38N4O2. The van der Waals surface area contributed by atoms with E-state index in [-0.39, 0.29) is 0 Å². The van der Waals surface area contributed by atoms with Crippen LogP contribution < -0.4 is 5.73 Å². The van der Waals surface area contributed by atoms with Crippen molar-refractivity contribution in [1.29, 1.82) is 0 Å². The second kappa shape index (κ2) is 14.1. The van der Waals surface area contributed by atoms with Crippen LogP contribution in [0.1, 0.15) is 34.4 Å². The smallest absolute Gasteiger partial charge is 0.159 e. The topological polar surface area (TPSA) is 81.9 Å². The van der Waals surface area contributed by atoms with Gasteiger partial charge >= 0.3 is 0 Å². The Morgan fingerprint density at radius 2 is 1.41 bits per heavy atom. The number of hydrogen-bond donors (Lipinski definition) is 1. The number of rotatable bonds is 6. The Bertz CT molecular complexity index is 3640. The van der Waals surface area contributed by atoms with Gasteiger partial charge in [0.1, 0.15) is 22.6 Å².